The maximum atomic E-state index is 12.3. The smallest absolute Gasteiger partial charge is 0.335 e. The average Bonchev–Trinajstić information content (AvgIpc) is 3.23. The highest BCUT2D eigenvalue weighted by Gasteiger charge is 2.33. The second-order valence-corrected chi connectivity index (χ2v) is 11.1. The summed E-state index contributed by atoms with van der Waals surface area (Å²) in [5.74, 6) is -1.75. The van der Waals surface area contributed by atoms with Crippen molar-refractivity contribution in [2.45, 2.75) is 70.1 Å². The Bertz CT molecular complexity index is 1130. The van der Waals surface area contributed by atoms with Crippen LogP contribution in [-0.2, 0) is 6.42 Å². The molecule has 6 heteroatoms. The fraction of sp³-hybridized carbons (Fsp3) is 0.548. The van der Waals surface area contributed by atoms with Gasteiger partial charge in [-0.25, -0.2) is 9.59 Å². The van der Waals surface area contributed by atoms with Gasteiger partial charge in [0.25, 0.3) is 0 Å². The van der Waals surface area contributed by atoms with Crippen LogP contribution in [0.1, 0.15) is 101 Å². The third kappa shape index (κ3) is 5.75. The van der Waals surface area contributed by atoms with Gasteiger partial charge >= 0.3 is 11.9 Å². The Kier molecular flexibility index (Phi) is 8.26. The molecule has 0 radical (unpaired) electrons. The van der Waals surface area contributed by atoms with Crippen LogP contribution in [0, 0.1) is 0 Å². The predicted octanol–water partition coefficient (Wildman–Crippen LogP) is 5.88. The van der Waals surface area contributed by atoms with E-state index in [4.69, 9.17) is 0 Å². The van der Waals surface area contributed by atoms with Crippen LogP contribution in [0.15, 0.2) is 30.3 Å². The minimum atomic E-state index is -0.918. The van der Waals surface area contributed by atoms with E-state index < -0.39 is 11.9 Å². The molecule has 2 aliphatic heterocycles. The van der Waals surface area contributed by atoms with E-state index in [0.29, 0.717) is 11.1 Å². The number of piperidine rings is 2. The van der Waals surface area contributed by atoms with E-state index in [-0.39, 0.29) is 5.92 Å². The van der Waals surface area contributed by atoms with Crippen LogP contribution in [0.25, 0.3) is 11.1 Å². The van der Waals surface area contributed by atoms with Gasteiger partial charge in [-0.3, -0.25) is 0 Å². The summed E-state index contributed by atoms with van der Waals surface area (Å²) >= 11 is 0. The Balaban J connectivity index is 1.45. The van der Waals surface area contributed by atoms with Crippen LogP contribution in [-0.4, -0.2) is 71.2 Å². The lowest BCUT2D eigenvalue weighted by Crippen LogP contribution is -2.31. The third-order valence-electron chi connectivity index (χ3n) is 8.67. The van der Waals surface area contributed by atoms with Gasteiger partial charge in [0.1, 0.15) is 0 Å². The van der Waals surface area contributed by atoms with Gasteiger partial charge in [0.05, 0.1) is 11.1 Å². The van der Waals surface area contributed by atoms with Gasteiger partial charge in [0.2, 0.25) is 0 Å². The molecule has 1 unspecified atom stereocenters. The standard InChI is InChI=1S/C31H40N2O4/c34-30(35)22-11-12-23-26-13-14-27(31(36)37)24(9-7-19-32-15-3-1-4-16-32)29(26)25(28(23)21-22)10-8-20-33-17-5-2-6-18-33/h11-14,21,25H,1-10,15-20H2,(H,34,35)(H,36,37). The Morgan fingerprint density at radius 1 is 0.757 bits per heavy atom. The fourth-order valence-corrected chi connectivity index (χ4v) is 6.82. The van der Waals surface area contributed by atoms with Crippen molar-refractivity contribution < 1.29 is 19.8 Å². The van der Waals surface area contributed by atoms with Gasteiger partial charge in [-0.1, -0.05) is 25.0 Å². The number of carboxylic acid groups (broad SMARTS) is 2. The summed E-state index contributed by atoms with van der Waals surface area (Å²) in [6.07, 6.45) is 11.3. The molecule has 0 amide bonds. The van der Waals surface area contributed by atoms with Gasteiger partial charge < -0.3 is 20.0 Å². The Hall–Kier alpha value is -2.70. The summed E-state index contributed by atoms with van der Waals surface area (Å²) in [5, 5.41) is 19.8. The summed E-state index contributed by atoms with van der Waals surface area (Å²) in [4.78, 5) is 29.2. The molecule has 1 aliphatic carbocycles. The number of carboxylic acids is 2. The molecule has 2 fully saturated rings. The van der Waals surface area contributed by atoms with Crippen LogP contribution < -0.4 is 0 Å². The van der Waals surface area contributed by atoms with E-state index in [1.54, 1.807) is 12.1 Å². The number of fused-ring (bicyclic) bond motifs is 3. The molecule has 0 saturated carbocycles. The lowest BCUT2D eigenvalue weighted by atomic mass is 9.85. The molecule has 0 spiro atoms. The molecular formula is C31H40N2O4. The van der Waals surface area contributed by atoms with E-state index in [1.807, 2.05) is 18.2 Å². The molecule has 0 bridgehead atoms. The molecule has 6 nitrogen and oxygen atoms in total. The fourth-order valence-electron chi connectivity index (χ4n) is 6.82. The van der Waals surface area contributed by atoms with Crippen molar-refractivity contribution in [3.63, 3.8) is 0 Å². The first-order valence-corrected chi connectivity index (χ1v) is 14.2. The summed E-state index contributed by atoms with van der Waals surface area (Å²) in [6.45, 7) is 6.64. The zero-order valence-corrected chi connectivity index (χ0v) is 21.9. The SMILES string of the molecule is O=C(O)c1ccc2c(c1)C(CCCN1CCCCC1)c1c-2ccc(C(=O)O)c1CCCN1CCCCC1. The number of likely N-dealkylation sites (tertiary alicyclic amines) is 2. The molecular weight excluding hydrogens is 464 g/mol. The summed E-state index contributed by atoms with van der Waals surface area (Å²) in [7, 11) is 0. The maximum absolute atomic E-state index is 12.3. The molecule has 2 N–H and O–H groups in total. The highest BCUT2D eigenvalue weighted by molar-refractivity contribution is 5.94. The first kappa shape index (κ1) is 25.9. The largest absolute Gasteiger partial charge is 0.478 e. The number of nitrogens with zero attached hydrogens (tertiary/aromatic N) is 2. The van der Waals surface area contributed by atoms with Crippen LogP contribution in [0.2, 0.25) is 0 Å². The monoisotopic (exact) mass is 504 g/mol. The lowest BCUT2D eigenvalue weighted by Gasteiger charge is -2.27. The van der Waals surface area contributed by atoms with Gasteiger partial charge in [0.15, 0.2) is 0 Å². The Morgan fingerprint density at radius 3 is 2.00 bits per heavy atom. The number of rotatable bonds is 10. The molecule has 37 heavy (non-hydrogen) atoms. The van der Waals surface area contributed by atoms with E-state index in [2.05, 4.69) is 9.80 Å². The maximum Gasteiger partial charge on any atom is 0.335 e. The van der Waals surface area contributed by atoms with Gasteiger partial charge in [0, 0.05) is 5.92 Å². The molecule has 0 aromatic heterocycles. The molecule has 2 aromatic carbocycles. The average molecular weight is 505 g/mol. The molecule has 198 valence electrons. The van der Waals surface area contributed by atoms with Crippen LogP contribution in [0.5, 0.6) is 0 Å². The molecule has 2 aromatic rings. The van der Waals surface area contributed by atoms with Crippen LogP contribution in [0.3, 0.4) is 0 Å². The van der Waals surface area contributed by atoms with Gasteiger partial charge in [-0.15, -0.1) is 0 Å². The molecule has 2 heterocycles. The van der Waals surface area contributed by atoms with E-state index in [9.17, 15) is 19.8 Å². The topological polar surface area (TPSA) is 81.1 Å². The second kappa shape index (κ2) is 11.8. The van der Waals surface area contributed by atoms with Crippen molar-refractivity contribution in [2.75, 3.05) is 39.3 Å². The van der Waals surface area contributed by atoms with Crippen molar-refractivity contribution in [1.82, 2.24) is 9.80 Å². The first-order chi connectivity index (χ1) is 18.0. The van der Waals surface area contributed by atoms with Crippen molar-refractivity contribution in [2.24, 2.45) is 0 Å². The number of carbonyl (C=O) groups is 2. The third-order valence-corrected chi connectivity index (χ3v) is 8.67. The van der Waals surface area contributed by atoms with Crippen molar-refractivity contribution in [1.29, 1.82) is 0 Å². The van der Waals surface area contributed by atoms with Crippen LogP contribution >= 0.6 is 0 Å². The predicted molar refractivity (Wildman–Crippen MR) is 146 cm³/mol. The zero-order chi connectivity index (χ0) is 25.8. The summed E-state index contributed by atoms with van der Waals surface area (Å²) < 4.78 is 0. The first-order valence-electron chi connectivity index (χ1n) is 14.2. The Labute approximate surface area is 220 Å². The van der Waals surface area contributed by atoms with Gasteiger partial charge in [-0.05, 0) is 137 Å². The second-order valence-electron chi connectivity index (χ2n) is 11.1. The molecule has 5 rings (SSSR count). The minimum Gasteiger partial charge on any atom is -0.478 e. The lowest BCUT2D eigenvalue weighted by molar-refractivity contribution is 0.0685. The highest BCUT2D eigenvalue weighted by Crippen LogP contribution is 2.49. The van der Waals surface area contributed by atoms with E-state index >= 15 is 0 Å². The normalized spacial score (nSPS) is 19.9. The number of benzene rings is 2. The molecule has 3 aliphatic rings. The molecule has 2 saturated heterocycles. The van der Waals surface area contributed by atoms with E-state index in [0.717, 1.165) is 92.8 Å². The Morgan fingerprint density at radius 2 is 1.38 bits per heavy atom. The van der Waals surface area contributed by atoms with Gasteiger partial charge in [-0.2, -0.15) is 0 Å². The quantitative estimate of drug-likeness (QED) is 0.421. The molecule has 1 atom stereocenters. The number of hydrogen-bond donors (Lipinski definition) is 2. The van der Waals surface area contributed by atoms with E-state index in [1.165, 1.54) is 38.5 Å². The number of aromatic carboxylic acids is 2. The van der Waals surface area contributed by atoms with Crippen molar-refractivity contribution in [3.05, 3.63) is 58.1 Å². The van der Waals surface area contributed by atoms with Crippen LogP contribution in [0.4, 0.5) is 0 Å². The van der Waals surface area contributed by atoms with Crippen molar-refractivity contribution >= 4 is 11.9 Å². The number of hydrogen-bond acceptors (Lipinski definition) is 4. The highest BCUT2D eigenvalue weighted by atomic mass is 16.4. The summed E-state index contributed by atoms with van der Waals surface area (Å²) in [6, 6.07) is 9.17. The zero-order valence-electron chi connectivity index (χ0n) is 21.9. The van der Waals surface area contributed by atoms with Crippen molar-refractivity contribution in [3.8, 4) is 11.1 Å². The minimum absolute atomic E-state index is 0.0402. The summed E-state index contributed by atoms with van der Waals surface area (Å²) in [5.41, 5.74) is 6.01.